The second kappa shape index (κ2) is 5.41. The number of hydrogen-bond donors (Lipinski definition) is 1. The van der Waals surface area contributed by atoms with Gasteiger partial charge >= 0.3 is 0 Å². The number of aliphatic imine (C=N–C) groups is 1. The molecule has 0 saturated carbocycles. The molecule has 1 N–H and O–H groups in total. The standard InChI is InChI=1S/C19H17NO/c1-13-10-14(2)19(21)18(11-13)20-12-16-8-5-7-15-6-3-4-9-17(15)16/h3-12,21H,1-2H3. The number of phenols is 1. The van der Waals surface area contributed by atoms with Gasteiger partial charge in [0.05, 0.1) is 0 Å². The van der Waals surface area contributed by atoms with Gasteiger partial charge in [-0.2, -0.15) is 0 Å². The Kier molecular flexibility index (Phi) is 3.44. The van der Waals surface area contributed by atoms with E-state index >= 15 is 0 Å². The Hall–Kier alpha value is -2.61. The van der Waals surface area contributed by atoms with Gasteiger partial charge in [0.2, 0.25) is 0 Å². The zero-order valence-corrected chi connectivity index (χ0v) is 12.2. The summed E-state index contributed by atoms with van der Waals surface area (Å²) < 4.78 is 0. The van der Waals surface area contributed by atoms with Crippen LogP contribution >= 0.6 is 0 Å². The molecule has 0 amide bonds. The van der Waals surface area contributed by atoms with Crippen molar-refractivity contribution < 1.29 is 5.11 Å². The zero-order chi connectivity index (χ0) is 14.8. The van der Waals surface area contributed by atoms with Crippen molar-refractivity contribution in [1.29, 1.82) is 0 Å². The van der Waals surface area contributed by atoms with E-state index in [1.54, 1.807) is 0 Å². The molecule has 0 aliphatic carbocycles. The third kappa shape index (κ3) is 2.65. The van der Waals surface area contributed by atoms with Crippen molar-refractivity contribution in [3.63, 3.8) is 0 Å². The van der Waals surface area contributed by atoms with E-state index < -0.39 is 0 Å². The molecule has 104 valence electrons. The van der Waals surface area contributed by atoms with Crippen molar-refractivity contribution >= 4 is 22.7 Å². The van der Waals surface area contributed by atoms with Gasteiger partial charge in [-0.1, -0.05) is 48.5 Å². The molecule has 0 heterocycles. The number of hydrogen-bond acceptors (Lipinski definition) is 2. The first-order valence-corrected chi connectivity index (χ1v) is 6.97. The molecule has 0 spiro atoms. The summed E-state index contributed by atoms with van der Waals surface area (Å²) in [6, 6.07) is 18.2. The molecule has 0 aromatic heterocycles. The normalized spacial score (nSPS) is 11.3. The van der Waals surface area contributed by atoms with Crippen molar-refractivity contribution in [1.82, 2.24) is 0 Å². The van der Waals surface area contributed by atoms with E-state index in [0.717, 1.165) is 22.1 Å². The van der Waals surface area contributed by atoms with Crippen molar-refractivity contribution in [3.8, 4) is 5.75 Å². The molecule has 3 aromatic carbocycles. The average molecular weight is 275 g/mol. The second-order valence-electron chi connectivity index (χ2n) is 5.28. The minimum atomic E-state index is 0.247. The quantitative estimate of drug-likeness (QED) is 0.662. The Bertz CT molecular complexity index is 829. The maximum Gasteiger partial charge on any atom is 0.144 e. The molecule has 0 unspecified atom stereocenters. The number of nitrogens with zero attached hydrogens (tertiary/aromatic N) is 1. The van der Waals surface area contributed by atoms with Gasteiger partial charge in [-0.15, -0.1) is 0 Å². The fourth-order valence-electron chi connectivity index (χ4n) is 2.54. The molecule has 21 heavy (non-hydrogen) atoms. The van der Waals surface area contributed by atoms with Gasteiger partial charge in [-0.05, 0) is 41.8 Å². The lowest BCUT2D eigenvalue weighted by atomic mass is 10.1. The van der Waals surface area contributed by atoms with Crippen LogP contribution in [-0.4, -0.2) is 11.3 Å². The maximum atomic E-state index is 10.1. The highest BCUT2D eigenvalue weighted by atomic mass is 16.3. The Morgan fingerprint density at radius 3 is 2.57 bits per heavy atom. The average Bonchev–Trinajstić information content (AvgIpc) is 2.49. The van der Waals surface area contributed by atoms with Crippen LogP contribution in [0.5, 0.6) is 5.75 Å². The molecule has 3 rings (SSSR count). The predicted molar refractivity (Wildman–Crippen MR) is 88.8 cm³/mol. The summed E-state index contributed by atoms with van der Waals surface area (Å²) in [4.78, 5) is 4.47. The van der Waals surface area contributed by atoms with Crippen molar-refractivity contribution in [2.75, 3.05) is 0 Å². The molecule has 2 heteroatoms. The van der Waals surface area contributed by atoms with E-state index in [0.29, 0.717) is 5.69 Å². The van der Waals surface area contributed by atoms with Crippen LogP contribution in [-0.2, 0) is 0 Å². The third-order valence-electron chi connectivity index (χ3n) is 3.59. The van der Waals surface area contributed by atoms with Crippen LogP contribution < -0.4 is 0 Å². The molecule has 0 aliphatic heterocycles. The molecule has 0 atom stereocenters. The number of phenolic OH excluding ortho intramolecular Hbond substituents is 1. The monoisotopic (exact) mass is 275 g/mol. The molecule has 0 fully saturated rings. The van der Waals surface area contributed by atoms with E-state index in [1.165, 1.54) is 5.39 Å². The summed E-state index contributed by atoms with van der Waals surface area (Å²) in [6.45, 7) is 3.89. The molecule has 0 saturated heterocycles. The van der Waals surface area contributed by atoms with Gasteiger partial charge < -0.3 is 5.11 Å². The summed E-state index contributed by atoms with van der Waals surface area (Å²) in [5, 5.41) is 12.4. The molecular formula is C19H17NO. The van der Waals surface area contributed by atoms with Gasteiger partial charge in [0.25, 0.3) is 0 Å². The highest BCUT2D eigenvalue weighted by Gasteiger charge is 2.04. The fourth-order valence-corrected chi connectivity index (χ4v) is 2.54. The SMILES string of the molecule is Cc1cc(C)c(O)c(N=Cc2cccc3ccccc23)c1. The van der Waals surface area contributed by atoms with Gasteiger partial charge in [-0.25, -0.2) is 0 Å². The van der Waals surface area contributed by atoms with Crippen LogP contribution in [0.4, 0.5) is 5.69 Å². The number of aryl methyl sites for hydroxylation is 2. The molecule has 0 bridgehead atoms. The summed E-state index contributed by atoms with van der Waals surface area (Å²) in [5.74, 6) is 0.247. The predicted octanol–water partition coefficient (Wildman–Crippen LogP) is 4.91. The summed E-state index contributed by atoms with van der Waals surface area (Å²) in [5.41, 5.74) is 3.60. The first-order valence-electron chi connectivity index (χ1n) is 6.97. The minimum absolute atomic E-state index is 0.247. The third-order valence-corrected chi connectivity index (χ3v) is 3.59. The van der Waals surface area contributed by atoms with Crippen LogP contribution in [0.15, 0.2) is 59.6 Å². The Labute approximate surface area is 124 Å². The van der Waals surface area contributed by atoms with Gasteiger partial charge in [0.15, 0.2) is 0 Å². The highest BCUT2D eigenvalue weighted by Crippen LogP contribution is 2.31. The number of fused-ring (bicyclic) bond motifs is 1. The van der Waals surface area contributed by atoms with Crippen LogP contribution in [0.2, 0.25) is 0 Å². The summed E-state index contributed by atoms with van der Waals surface area (Å²) in [6.07, 6.45) is 1.82. The van der Waals surface area contributed by atoms with E-state index in [1.807, 2.05) is 56.5 Å². The van der Waals surface area contributed by atoms with Crippen LogP contribution in [0, 0.1) is 13.8 Å². The minimum Gasteiger partial charge on any atom is -0.505 e. The molecule has 0 radical (unpaired) electrons. The number of rotatable bonds is 2. The van der Waals surface area contributed by atoms with E-state index in [2.05, 4.69) is 23.2 Å². The number of aromatic hydroxyl groups is 1. The zero-order valence-electron chi connectivity index (χ0n) is 12.2. The van der Waals surface area contributed by atoms with Crippen LogP contribution in [0.1, 0.15) is 16.7 Å². The lowest BCUT2D eigenvalue weighted by Gasteiger charge is -2.05. The fraction of sp³-hybridized carbons (Fsp3) is 0.105. The lowest BCUT2D eigenvalue weighted by Crippen LogP contribution is -1.85. The topological polar surface area (TPSA) is 32.6 Å². The van der Waals surface area contributed by atoms with E-state index in [4.69, 9.17) is 0 Å². The maximum absolute atomic E-state index is 10.1. The molecule has 2 nitrogen and oxygen atoms in total. The Morgan fingerprint density at radius 2 is 1.71 bits per heavy atom. The Balaban J connectivity index is 2.06. The van der Waals surface area contributed by atoms with Gasteiger partial charge in [-0.3, -0.25) is 4.99 Å². The van der Waals surface area contributed by atoms with Gasteiger partial charge in [0.1, 0.15) is 11.4 Å². The van der Waals surface area contributed by atoms with Gasteiger partial charge in [0, 0.05) is 11.8 Å². The first-order chi connectivity index (χ1) is 10.1. The Morgan fingerprint density at radius 1 is 0.952 bits per heavy atom. The lowest BCUT2D eigenvalue weighted by molar-refractivity contribution is 0.472. The number of benzene rings is 3. The first kappa shape index (κ1) is 13.4. The largest absolute Gasteiger partial charge is 0.505 e. The van der Waals surface area contributed by atoms with Crippen LogP contribution in [0.3, 0.4) is 0 Å². The molecular weight excluding hydrogens is 258 g/mol. The molecule has 0 aliphatic rings. The smallest absolute Gasteiger partial charge is 0.144 e. The van der Waals surface area contributed by atoms with Crippen LogP contribution in [0.25, 0.3) is 10.8 Å². The summed E-state index contributed by atoms with van der Waals surface area (Å²) in [7, 11) is 0. The van der Waals surface area contributed by atoms with Crippen molar-refractivity contribution in [3.05, 3.63) is 71.3 Å². The second-order valence-corrected chi connectivity index (χ2v) is 5.28. The van der Waals surface area contributed by atoms with E-state index in [-0.39, 0.29) is 5.75 Å². The van der Waals surface area contributed by atoms with Crippen molar-refractivity contribution in [2.24, 2.45) is 4.99 Å². The summed E-state index contributed by atoms with van der Waals surface area (Å²) >= 11 is 0. The molecule has 3 aromatic rings. The van der Waals surface area contributed by atoms with Crippen molar-refractivity contribution in [2.45, 2.75) is 13.8 Å². The van der Waals surface area contributed by atoms with E-state index in [9.17, 15) is 5.11 Å². The highest BCUT2D eigenvalue weighted by molar-refractivity contribution is 6.00.